The first-order valence-corrected chi connectivity index (χ1v) is 10.9. The smallest absolute Gasteiger partial charge is 0.261 e. The van der Waals surface area contributed by atoms with Crippen LogP contribution in [-0.2, 0) is 10.0 Å². The number of rotatable bonds is 5. The largest absolute Gasteiger partial charge is 0.298 e. The molecular formula is C20H13F2N3O3S2. The highest BCUT2D eigenvalue weighted by Crippen LogP contribution is 2.27. The first-order chi connectivity index (χ1) is 14.3. The Balaban J connectivity index is 1.47. The zero-order valence-electron chi connectivity index (χ0n) is 15.1. The monoisotopic (exact) mass is 445 g/mol. The summed E-state index contributed by atoms with van der Waals surface area (Å²) in [7, 11) is -3.89. The summed E-state index contributed by atoms with van der Waals surface area (Å²) in [6.07, 6.45) is 0. The van der Waals surface area contributed by atoms with Crippen molar-refractivity contribution in [2.45, 2.75) is 4.90 Å². The molecule has 1 amide bonds. The van der Waals surface area contributed by atoms with Crippen molar-refractivity contribution in [1.29, 1.82) is 0 Å². The number of hydrogen-bond donors (Lipinski definition) is 2. The van der Waals surface area contributed by atoms with Crippen molar-refractivity contribution in [3.05, 3.63) is 83.9 Å². The lowest BCUT2D eigenvalue weighted by Crippen LogP contribution is -2.14. The fourth-order valence-electron chi connectivity index (χ4n) is 2.64. The maximum atomic E-state index is 13.3. The molecule has 0 unspecified atom stereocenters. The minimum Gasteiger partial charge on any atom is -0.298 e. The quantitative estimate of drug-likeness (QED) is 0.469. The molecule has 0 saturated heterocycles. The summed E-state index contributed by atoms with van der Waals surface area (Å²) in [4.78, 5) is 16.6. The summed E-state index contributed by atoms with van der Waals surface area (Å²) in [5, 5.41) is 2.96. The third kappa shape index (κ3) is 4.29. The lowest BCUT2D eigenvalue weighted by Gasteiger charge is -2.09. The number of hydrogen-bond acceptors (Lipinski definition) is 5. The number of thiazole rings is 1. The van der Waals surface area contributed by atoms with E-state index >= 15 is 0 Å². The van der Waals surface area contributed by atoms with Crippen LogP contribution < -0.4 is 10.0 Å². The Morgan fingerprint density at radius 1 is 0.900 bits per heavy atom. The second-order valence-electron chi connectivity index (χ2n) is 6.22. The summed E-state index contributed by atoms with van der Waals surface area (Å²) in [5.74, 6) is -1.37. The fourth-order valence-corrected chi connectivity index (χ4v) is 4.58. The standard InChI is InChI=1S/C20H13F2N3O3S2/c21-13-3-8-16(9-4-13)30(27,28)25-15-6-1-12(2-7-15)19(26)24-20-23-17-10-5-14(22)11-18(17)29-20/h1-11,25H,(H,23,24,26). The Morgan fingerprint density at radius 2 is 1.57 bits per heavy atom. The van der Waals surface area contributed by atoms with Gasteiger partial charge in [-0.3, -0.25) is 14.8 Å². The number of benzene rings is 3. The Bertz CT molecular complexity index is 1340. The van der Waals surface area contributed by atoms with E-state index in [-0.39, 0.29) is 22.0 Å². The average Bonchev–Trinajstić information content (AvgIpc) is 3.09. The first kappa shape index (κ1) is 19.9. The zero-order valence-corrected chi connectivity index (χ0v) is 16.7. The lowest BCUT2D eigenvalue weighted by molar-refractivity contribution is 0.102. The van der Waals surface area contributed by atoms with E-state index in [1.807, 2.05) is 0 Å². The normalized spacial score (nSPS) is 11.4. The second-order valence-corrected chi connectivity index (χ2v) is 8.94. The van der Waals surface area contributed by atoms with Crippen molar-refractivity contribution < 1.29 is 22.0 Å². The number of amides is 1. The maximum absolute atomic E-state index is 13.3. The van der Waals surface area contributed by atoms with Gasteiger partial charge in [0.25, 0.3) is 15.9 Å². The van der Waals surface area contributed by atoms with Gasteiger partial charge in [-0.15, -0.1) is 0 Å². The molecule has 10 heteroatoms. The van der Waals surface area contributed by atoms with Gasteiger partial charge in [-0.1, -0.05) is 11.3 Å². The van der Waals surface area contributed by atoms with Crippen LogP contribution in [0.1, 0.15) is 10.4 Å². The number of carbonyl (C=O) groups excluding carboxylic acids is 1. The molecule has 6 nitrogen and oxygen atoms in total. The predicted octanol–water partition coefficient (Wildman–Crippen LogP) is 4.63. The van der Waals surface area contributed by atoms with Crippen LogP contribution >= 0.6 is 11.3 Å². The van der Waals surface area contributed by atoms with E-state index in [2.05, 4.69) is 15.0 Å². The summed E-state index contributed by atoms with van der Waals surface area (Å²) < 4.78 is 53.9. The van der Waals surface area contributed by atoms with Crippen LogP contribution in [0.3, 0.4) is 0 Å². The summed E-state index contributed by atoms with van der Waals surface area (Å²) in [5.41, 5.74) is 1.10. The average molecular weight is 445 g/mol. The van der Waals surface area contributed by atoms with Gasteiger partial charge in [-0.2, -0.15) is 0 Å². The van der Waals surface area contributed by atoms with Crippen molar-refractivity contribution in [3.8, 4) is 0 Å². The van der Waals surface area contributed by atoms with E-state index < -0.39 is 21.7 Å². The molecule has 0 aliphatic carbocycles. The van der Waals surface area contributed by atoms with Gasteiger partial charge in [0.1, 0.15) is 11.6 Å². The van der Waals surface area contributed by atoms with Gasteiger partial charge >= 0.3 is 0 Å². The number of fused-ring (bicyclic) bond motifs is 1. The molecule has 2 N–H and O–H groups in total. The summed E-state index contributed by atoms with van der Waals surface area (Å²) >= 11 is 1.14. The van der Waals surface area contributed by atoms with Crippen LogP contribution in [-0.4, -0.2) is 19.3 Å². The molecule has 0 saturated carbocycles. The van der Waals surface area contributed by atoms with Crippen LogP contribution in [0.5, 0.6) is 0 Å². The molecule has 4 rings (SSSR count). The van der Waals surface area contributed by atoms with Gasteiger partial charge in [-0.05, 0) is 66.7 Å². The molecule has 0 radical (unpaired) electrons. The zero-order chi connectivity index (χ0) is 21.3. The van der Waals surface area contributed by atoms with Gasteiger partial charge < -0.3 is 0 Å². The minimum absolute atomic E-state index is 0.0852. The molecule has 1 heterocycles. The van der Waals surface area contributed by atoms with Crippen molar-refractivity contribution in [2.75, 3.05) is 10.0 Å². The molecule has 1 aromatic heterocycles. The van der Waals surface area contributed by atoms with Crippen LogP contribution in [0.4, 0.5) is 19.6 Å². The Labute approximate surface area is 174 Å². The van der Waals surface area contributed by atoms with E-state index in [0.717, 1.165) is 35.6 Å². The molecule has 0 spiro atoms. The van der Waals surface area contributed by atoms with Crippen molar-refractivity contribution in [2.24, 2.45) is 0 Å². The van der Waals surface area contributed by atoms with Crippen LogP contribution in [0.15, 0.2) is 71.6 Å². The Morgan fingerprint density at radius 3 is 2.27 bits per heavy atom. The highest BCUT2D eigenvalue weighted by atomic mass is 32.2. The van der Waals surface area contributed by atoms with E-state index in [1.165, 1.54) is 42.5 Å². The molecule has 0 aliphatic heterocycles. The minimum atomic E-state index is -3.89. The Hall–Kier alpha value is -3.37. The number of anilines is 2. The van der Waals surface area contributed by atoms with E-state index in [1.54, 1.807) is 0 Å². The van der Waals surface area contributed by atoms with Crippen molar-refractivity contribution in [3.63, 3.8) is 0 Å². The Kier molecular flexibility index (Phi) is 5.18. The van der Waals surface area contributed by atoms with Crippen LogP contribution in [0.2, 0.25) is 0 Å². The molecule has 0 bridgehead atoms. The van der Waals surface area contributed by atoms with Crippen LogP contribution in [0.25, 0.3) is 10.2 Å². The fraction of sp³-hybridized carbons (Fsp3) is 0. The number of sulfonamides is 1. The summed E-state index contributed by atoms with van der Waals surface area (Å²) in [6, 6.07) is 14.3. The number of nitrogens with one attached hydrogen (secondary N) is 2. The molecule has 0 aliphatic rings. The second kappa shape index (κ2) is 7.81. The highest BCUT2D eigenvalue weighted by molar-refractivity contribution is 7.92. The number of aromatic nitrogens is 1. The number of halogens is 2. The molecule has 152 valence electrons. The molecule has 0 fully saturated rings. The number of carbonyl (C=O) groups is 1. The van der Waals surface area contributed by atoms with Gasteiger partial charge in [0, 0.05) is 11.3 Å². The molecule has 0 atom stereocenters. The van der Waals surface area contributed by atoms with Crippen molar-refractivity contribution in [1.82, 2.24) is 4.98 Å². The van der Waals surface area contributed by atoms with E-state index in [9.17, 15) is 22.0 Å². The van der Waals surface area contributed by atoms with Gasteiger partial charge in [0.15, 0.2) is 5.13 Å². The van der Waals surface area contributed by atoms with Gasteiger partial charge in [0.2, 0.25) is 0 Å². The molecular weight excluding hydrogens is 432 g/mol. The highest BCUT2D eigenvalue weighted by Gasteiger charge is 2.15. The topological polar surface area (TPSA) is 88.2 Å². The van der Waals surface area contributed by atoms with E-state index in [4.69, 9.17) is 0 Å². The van der Waals surface area contributed by atoms with Gasteiger partial charge in [0.05, 0.1) is 15.1 Å². The third-order valence-corrected chi connectivity index (χ3v) is 6.42. The maximum Gasteiger partial charge on any atom is 0.261 e. The predicted molar refractivity (Wildman–Crippen MR) is 111 cm³/mol. The molecule has 30 heavy (non-hydrogen) atoms. The number of nitrogens with zero attached hydrogens (tertiary/aromatic N) is 1. The molecule has 4 aromatic rings. The van der Waals surface area contributed by atoms with Crippen molar-refractivity contribution >= 4 is 48.3 Å². The third-order valence-electron chi connectivity index (χ3n) is 4.09. The van der Waals surface area contributed by atoms with Crippen LogP contribution in [0, 0.1) is 11.6 Å². The van der Waals surface area contributed by atoms with E-state index in [0.29, 0.717) is 15.3 Å². The van der Waals surface area contributed by atoms with Gasteiger partial charge in [-0.25, -0.2) is 22.2 Å². The lowest BCUT2D eigenvalue weighted by atomic mass is 10.2. The first-order valence-electron chi connectivity index (χ1n) is 8.56. The molecule has 3 aromatic carbocycles. The SMILES string of the molecule is O=C(Nc1nc2ccc(F)cc2s1)c1ccc(NS(=O)(=O)c2ccc(F)cc2)cc1. The summed E-state index contributed by atoms with van der Waals surface area (Å²) in [6.45, 7) is 0.